The lowest BCUT2D eigenvalue weighted by molar-refractivity contribution is -0.0606. The van der Waals surface area contributed by atoms with Gasteiger partial charge in [-0.05, 0) is 74.5 Å². The number of nitrogens with two attached hydrogens (primary N) is 1. The lowest BCUT2D eigenvalue weighted by Gasteiger charge is -2.57. The summed E-state index contributed by atoms with van der Waals surface area (Å²) in [5.41, 5.74) is 7.17. The van der Waals surface area contributed by atoms with Crippen molar-refractivity contribution < 1.29 is 0 Å². The summed E-state index contributed by atoms with van der Waals surface area (Å²) >= 11 is 0. The maximum Gasteiger partial charge on any atom is 0.00441 e. The minimum Gasteiger partial charge on any atom is -0.328 e. The van der Waals surface area contributed by atoms with Crippen LogP contribution in [0.4, 0.5) is 0 Å². The summed E-state index contributed by atoms with van der Waals surface area (Å²) in [7, 11) is 0. The molecule has 4 fully saturated rings. The third-order valence-electron chi connectivity index (χ3n) is 6.29. The molecular weight excluding hydrogens is 230 g/mol. The Morgan fingerprint density at radius 1 is 0.947 bits per heavy atom. The molecule has 2 N–H and O–H groups in total. The monoisotopic (exact) mass is 263 g/mol. The van der Waals surface area contributed by atoms with Gasteiger partial charge in [0.2, 0.25) is 0 Å². The van der Waals surface area contributed by atoms with Gasteiger partial charge in [-0.1, -0.05) is 32.6 Å². The molecule has 0 aliphatic heterocycles. The summed E-state index contributed by atoms with van der Waals surface area (Å²) in [6.07, 6.45) is 17.4. The van der Waals surface area contributed by atoms with Gasteiger partial charge in [0, 0.05) is 6.04 Å². The van der Waals surface area contributed by atoms with Crippen LogP contribution in [0.25, 0.3) is 0 Å². The van der Waals surface area contributed by atoms with Gasteiger partial charge < -0.3 is 5.73 Å². The van der Waals surface area contributed by atoms with Crippen LogP contribution in [0, 0.1) is 23.2 Å². The molecule has 0 spiro atoms. The molecule has 110 valence electrons. The van der Waals surface area contributed by atoms with Gasteiger partial charge in [0.25, 0.3) is 0 Å². The summed E-state index contributed by atoms with van der Waals surface area (Å²) in [4.78, 5) is 0. The van der Waals surface area contributed by atoms with Crippen molar-refractivity contribution >= 4 is 0 Å². The number of hydrogen-bond donors (Lipinski definition) is 1. The van der Waals surface area contributed by atoms with E-state index in [-0.39, 0.29) is 0 Å². The molecule has 1 unspecified atom stereocenters. The fourth-order valence-corrected chi connectivity index (χ4v) is 6.03. The normalized spacial score (nSPS) is 41.7. The van der Waals surface area contributed by atoms with Crippen molar-refractivity contribution in [2.45, 2.75) is 90.0 Å². The molecule has 4 rings (SSSR count). The van der Waals surface area contributed by atoms with Gasteiger partial charge in [0.1, 0.15) is 0 Å². The standard InChI is InChI=1S/C18H33N/c1-2-3-4-5-6-17(19)13-18-10-14-7-15(11-18)9-16(8-14)12-18/h14-17H,2-13,19H2,1H3. The van der Waals surface area contributed by atoms with Crippen LogP contribution in [-0.4, -0.2) is 6.04 Å². The van der Waals surface area contributed by atoms with Gasteiger partial charge in [0.05, 0.1) is 0 Å². The largest absolute Gasteiger partial charge is 0.328 e. The molecule has 19 heavy (non-hydrogen) atoms. The first-order valence-electron chi connectivity index (χ1n) is 8.95. The number of rotatable bonds is 7. The maximum atomic E-state index is 6.48. The Kier molecular flexibility index (Phi) is 4.22. The van der Waals surface area contributed by atoms with Crippen molar-refractivity contribution in [3.05, 3.63) is 0 Å². The Labute approximate surface area is 119 Å². The van der Waals surface area contributed by atoms with Gasteiger partial charge in [-0.25, -0.2) is 0 Å². The van der Waals surface area contributed by atoms with Crippen LogP contribution in [0.2, 0.25) is 0 Å². The topological polar surface area (TPSA) is 26.0 Å². The van der Waals surface area contributed by atoms with Crippen LogP contribution in [0.5, 0.6) is 0 Å². The van der Waals surface area contributed by atoms with Crippen molar-refractivity contribution in [1.82, 2.24) is 0 Å². The molecule has 0 aromatic rings. The van der Waals surface area contributed by atoms with Crippen LogP contribution < -0.4 is 5.73 Å². The average Bonchev–Trinajstić information content (AvgIpc) is 2.32. The van der Waals surface area contributed by atoms with Gasteiger partial charge in [-0.15, -0.1) is 0 Å². The predicted octanol–water partition coefficient (Wildman–Crippen LogP) is 4.89. The van der Waals surface area contributed by atoms with Gasteiger partial charge in [0.15, 0.2) is 0 Å². The van der Waals surface area contributed by atoms with Crippen LogP contribution >= 0.6 is 0 Å². The third-order valence-corrected chi connectivity index (χ3v) is 6.29. The first kappa shape index (κ1) is 13.9. The summed E-state index contributed by atoms with van der Waals surface area (Å²) < 4.78 is 0. The lowest BCUT2D eigenvalue weighted by atomic mass is 9.48. The molecule has 1 nitrogen and oxygen atoms in total. The van der Waals surface area contributed by atoms with E-state index in [0.29, 0.717) is 11.5 Å². The van der Waals surface area contributed by atoms with Crippen molar-refractivity contribution in [3.8, 4) is 0 Å². The van der Waals surface area contributed by atoms with E-state index in [1.807, 2.05) is 0 Å². The summed E-state index contributed by atoms with van der Waals surface area (Å²) in [5.74, 6) is 3.25. The summed E-state index contributed by atoms with van der Waals surface area (Å²) in [6, 6.07) is 0.494. The molecule has 1 heteroatoms. The van der Waals surface area contributed by atoms with Crippen molar-refractivity contribution in [3.63, 3.8) is 0 Å². The van der Waals surface area contributed by atoms with E-state index in [4.69, 9.17) is 5.73 Å². The van der Waals surface area contributed by atoms with E-state index in [1.165, 1.54) is 57.8 Å². The van der Waals surface area contributed by atoms with Gasteiger partial charge in [-0.3, -0.25) is 0 Å². The molecular formula is C18H33N. The Balaban J connectivity index is 1.49. The van der Waals surface area contributed by atoms with E-state index in [1.54, 1.807) is 19.3 Å². The molecule has 0 aromatic heterocycles. The zero-order valence-electron chi connectivity index (χ0n) is 12.9. The highest BCUT2D eigenvalue weighted by Crippen LogP contribution is 2.61. The Morgan fingerprint density at radius 3 is 2.05 bits per heavy atom. The minimum absolute atomic E-state index is 0.494. The maximum absolute atomic E-state index is 6.48. The van der Waals surface area contributed by atoms with E-state index in [9.17, 15) is 0 Å². The Hall–Kier alpha value is -0.0400. The van der Waals surface area contributed by atoms with Gasteiger partial charge in [-0.2, -0.15) is 0 Å². The molecule has 4 bridgehead atoms. The zero-order valence-corrected chi connectivity index (χ0v) is 12.9. The Bertz CT molecular complexity index is 261. The molecule has 0 aromatic carbocycles. The molecule has 0 amide bonds. The second-order valence-corrected chi connectivity index (χ2v) is 8.23. The van der Waals surface area contributed by atoms with Crippen LogP contribution in [0.3, 0.4) is 0 Å². The lowest BCUT2D eigenvalue weighted by Crippen LogP contribution is -2.48. The fraction of sp³-hybridized carbons (Fsp3) is 1.00. The second-order valence-electron chi connectivity index (χ2n) is 8.23. The third kappa shape index (κ3) is 3.17. The summed E-state index contributed by atoms with van der Waals surface area (Å²) in [6.45, 7) is 2.29. The summed E-state index contributed by atoms with van der Waals surface area (Å²) in [5, 5.41) is 0. The molecule has 4 aliphatic rings. The van der Waals surface area contributed by atoms with E-state index in [0.717, 1.165) is 17.8 Å². The number of unbranched alkanes of at least 4 members (excludes halogenated alkanes) is 3. The predicted molar refractivity (Wildman–Crippen MR) is 82.0 cm³/mol. The van der Waals surface area contributed by atoms with Crippen LogP contribution in [-0.2, 0) is 0 Å². The molecule has 0 radical (unpaired) electrons. The molecule has 4 saturated carbocycles. The van der Waals surface area contributed by atoms with E-state index < -0.39 is 0 Å². The highest BCUT2D eigenvalue weighted by atomic mass is 14.7. The first-order valence-corrected chi connectivity index (χ1v) is 8.95. The van der Waals surface area contributed by atoms with E-state index in [2.05, 4.69) is 6.92 Å². The molecule has 0 heterocycles. The van der Waals surface area contributed by atoms with Crippen molar-refractivity contribution in [1.29, 1.82) is 0 Å². The fourth-order valence-electron chi connectivity index (χ4n) is 6.03. The second kappa shape index (κ2) is 5.76. The first-order chi connectivity index (χ1) is 9.19. The van der Waals surface area contributed by atoms with E-state index >= 15 is 0 Å². The highest BCUT2D eigenvalue weighted by molar-refractivity contribution is 5.02. The Morgan fingerprint density at radius 2 is 1.53 bits per heavy atom. The molecule has 0 saturated heterocycles. The van der Waals surface area contributed by atoms with Gasteiger partial charge >= 0.3 is 0 Å². The smallest absolute Gasteiger partial charge is 0.00441 e. The SMILES string of the molecule is CCCCCCC(N)CC12CC3CC(CC(C3)C1)C2. The number of hydrogen-bond acceptors (Lipinski definition) is 1. The van der Waals surface area contributed by atoms with Crippen molar-refractivity contribution in [2.75, 3.05) is 0 Å². The molecule has 4 aliphatic carbocycles. The average molecular weight is 263 g/mol. The van der Waals surface area contributed by atoms with Crippen LogP contribution in [0.1, 0.15) is 84.0 Å². The highest BCUT2D eigenvalue weighted by Gasteiger charge is 2.50. The van der Waals surface area contributed by atoms with Crippen LogP contribution in [0.15, 0.2) is 0 Å². The molecule has 1 atom stereocenters. The van der Waals surface area contributed by atoms with Crippen molar-refractivity contribution in [2.24, 2.45) is 28.9 Å². The zero-order chi connectivity index (χ0) is 13.3. The minimum atomic E-state index is 0.494. The quantitative estimate of drug-likeness (QED) is 0.650.